The number of sulfonamides is 2. The molecule has 1 saturated heterocycles. The molecule has 2 aromatic carbocycles. The van der Waals surface area contributed by atoms with E-state index in [0.29, 0.717) is 5.02 Å². The van der Waals surface area contributed by atoms with E-state index >= 15 is 0 Å². The van der Waals surface area contributed by atoms with Crippen molar-refractivity contribution in [2.45, 2.75) is 34.6 Å². The van der Waals surface area contributed by atoms with Crippen LogP contribution in [0.4, 0.5) is 5.69 Å². The highest BCUT2D eigenvalue weighted by Gasteiger charge is 2.43. The van der Waals surface area contributed by atoms with E-state index in [-0.39, 0.29) is 28.4 Å². The first-order valence-corrected chi connectivity index (χ1v) is 13.0. The summed E-state index contributed by atoms with van der Waals surface area (Å²) < 4.78 is 53.0. The van der Waals surface area contributed by atoms with Crippen LogP contribution in [0.25, 0.3) is 0 Å². The molecule has 2 atom stereocenters. The van der Waals surface area contributed by atoms with E-state index in [0.717, 1.165) is 11.2 Å². The van der Waals surface area contributed by atoms with Crippen molar-refractivity contribution >= 4 is 60.8 Å². The molecule has 2 aromatic rings. The third-order valence-electron chi connectivity index (χ3n) is 4.64. The monoisotopic (exact) mass is 519 g/mol. The Labute approximate surface area is 195 Å². The molecule has 172 valence electrons. The largest absolute Gasteiger partial charge is 0.325 e. The lowest BCUT2D eigenvalue weighted by Crippen LogP contribution is -2.43. The smallest absolute Gasteiger partial charge is 0.264 e. The predicted molar refractivity (Wildman–Crippen MR) is 119 cm³/mol. The van der Waals surface area contributed by atoms with Crippen LogP contribution in [0.3, 0.4) is 0 Å². The van der Waals surface area contributed by atoms with Crippen LogP contribution in [0.5, 0.6) is 0 Å². The zero-order chi connectivity index (χ0) is 23.7. The van der Waals surface area contributed by atoms with E-state index in [1.54, 1.807) is 0 Å². The zero-order valence-corrected chi connectivity index (χ0v) is 19.8. The fraction of sp³-hybridized carbons (Fsp3) is 0.263. The summed E-state index contributed by atoms with van der Waals surface area (Å²) in [5.74, 6) is -1.34. The lowest BCUT2D eigenvalue weighted by molar-refractivity contribution is -0.119. The number of carbonyl (C=O) groups excluding carboxylic acids is 2. The minimum Gasteiger partial charge on any atom is -0.325 e. The summed E-state index contributed by atoms with van der Waals surface area (Å²) in [5, 5.41) is 2.40. The zero-order valence-electron chi connectivity index (χ0n) is 16.7. The number of benzene rings is 2. The minimum absolute atomic E-state index is 0.0157. The Hall–Kier alpha value is -2.18. The maximum atomic E-state index is 13.0. The summed E-state index contributed by atoms with van der Waals surface area (Å²) in [7, 11) is -8.02. The number of hydrogen-bond donors (Lipinski definition) is 2. The van der Waals surface area contributed by atoms with Crippen molar-refractivity contribution in [3.8, 4) is 0 Å². The van der Waals surface area contributed by atoms with E-state index in [1.165, 1.54) is 48.5 Å². The van der Waals surface area contributed by atoms with Gasteiger partial charge in [-0.3, -0.25) is 9.59 Å². The average Bonchev–Trinajstić information content (AvgIpc) is 3.10. The van der Waals surface area contributed by atoms with E-state index in [2.05, 4.69) is 5.32 Å². The highest BCUT2D eigenvalue weighted by Crippen LogP contribution is 2.30. The predicted octanol–water partition coefficient (Wildman–Crippen LogP) is 2.17. The van der Waals surface area contributed by atoms with Gasteiger partial charge in [-0.15, -0.1) is 11.6 Å². The molecule has 0 bridgehead atoms. The van der Waals surface area contributed by atoms with E-state index in [9.17, 15) is 26.4 Å². The number of hydrogen-bond acceptors (Lipinski definition) is 6. The minimum atomic E-state index is -4.02. The molecule has 1 heterocycles. The van der Waals surface area contributed by atoms with Crippen molar-refractivity contribution in [3.63, 3.8) is 0 Å². The summed E-state index contributed by atoms with van der Waals surface area (Å²) in [6.45, 7) is 1.03. The average molecular weight is 520 g/mol. The lowest BCUT2D eigenvalue weighted by atomic mass is 10.2. The van der Waals surface area contributed by atoms with Crippen LogP contribution < -0.4 is 10.0 Å². The van der Waals surface area contributed by atoms with Gasteiger partial charge in [-0.25, -0.2) is 21.6 Å². The van der Waals surface area contributed by atoms with Gasteiger partial charge in [0.1, 0.15) is 6.04 Å². The van der Waals surface area contributed by atoms with Gasteiger partial charge in [-0.2, -0.15) is 4.31 Å². The van der Waals surface area contributed by atoms with Crippen molar-refractivity contribution in [2.75, 3.05) is 11.9 Å². The standard InChI is InChI=1S/C19H19Cl2N3O6S2/c1-12(25)23-31(27,28)16-8-4-15(5-9-16)22-19(26)18-10-14(21)11-24(18)32(29,30)17-6-2-13(20)3-7-17/h2-9,14,18H,10-11H2,1H3,(H,22,26)(H,23,25). The molecule has 0 aromatic heterocycles. The summed E-state index contributed by atoms with van der Waals surface area (Å²) >= 11 is 12.0. The van der Waals surface area contributed by atoms with Crippen molar-refractivity contribution < 1.29 is 26.4 Å². The Morgan fingerprint density at radius 1 is 0.969 bits per heavy atom. The molecule has 2 amide bonds. The molecular formula is C19H19Cl2N3O6S2. The van der Waals surface area contributed by atoms with Gasteiger partial charge < -0.3 is 5.32 Å². The molecule has 0 saturated carbocycles. The number of nitrogens with zero attached hydrogens (tertiary/aromatic N) is 1. The van der Waals surface area contributed by atoms with Gasteiger partial charge >= 0.3 is 0 Å². The van der Waals surface area contributed by atoms with Gasteiger partial charge in [-0.05, 0) is 55.0 Å². The van der Waals surface area contributed by atoms with Gasteiger partial charge in [0.25, 0.3) is 10.0 Å². The fourth-order valence-electron chi connectivity index (χ4n) is 3.19. The van der Waals surface area contributed by atoms with Crippen LogP contribution >= 0.6 is 23.2 Å². The highest BCUT2D eigenvalue weighted by atomic mass is 35.5. The first-order chi connectivity index (χ1) is 14.9. The van der Waals surface area contributed by atoms with Crippen molar-refractivity contribution in [1.29, 1.82) is 0 Å². The Morgan fingerprint density at radius 2 is 1.53 bits per heavy atom. The Kier molecular flexibility index (Phi) is 7.15. The number of alkyl halides is 1. The van der Waals surface area contributed by atoms with Crippen LogP contribution in [-0.2, 0) is 29.6 Å². The van der Waals surface area contributed by atoms with Crippen LogP contribution in [0, 0.1) is 0 Å². The SMILES string of the molecule is CC(=O)NS(=O)(=O)c1ccc(NC(=O)C2CC(Cl)CN2S(=O)(=O)c2ccc(Cl)cc2)cc1. The topological polar surface area (TPSA) is 130 Å². The van der Waals surface area contributed by atoms with Gasteiger partial charge in [0.2, 0.25) is 21.8 Å². The lowest BCUT2D eigenvalue weighted by Gasteiger charge is -2.23. The van der Waals surface area contributed by atoms with Crippen molar-refractivity contribution in [1.82, 2.24) is 9.03 Å². The van der Waals surface area contributed by atoms with Crippen molar-refractivity contribution in [2.24, 2.45) is 0 Å². The molecule has 13 heteroatoms. The van der Waals surface area contributed by atoms with Gasteiger partial charge in [-0.1, -0.05) is 11.6 Å². The molecule has 0 aliphatic carbocycles. The Balaban J connectivity index is 1.79. The molecule has 1 aliphatic rings. The van der Waals surface area contributed by atoms with Gasteiger partial charge in [0.15, 0.2) is 0 Å². The van der Waals surface area contributed by atoms with Crippen LogP contribution in [0.2, 0.25) is 5.02 Å². The third kappa shape index (κ3) is 5.41. The molecule has 0 spiro atoms. The molecular weight excluding hydrogens is 501 g/mol. The third-order valence-corrected chi connectivity index (χ3v) is 8.54. The molecule has 1 fully saturated rings. The maximum Gasteiger partial charge on any atom is 0.264 e. The van der Waals surface area contributed by atoms with Crippen LogP contribution in [-0.4, -0.2) is 50.9 Å². The van der Waals surface area contributed by atoms with E-state index in [4.69, 9.17) is 23.2 Å². The summed E-state index contributed by atoms with van der Waals surface area (Å²) in [6, 6.07) is 9.61. The van der Waals surface area contributed by atoms with E-state index < -0.39 is 43.3 Å². The molecule has 1 aliphatic heterocycles. The molecule has 32 heavy (non-hydrogen) atoms. The molecule has 2 N–H and O–H groups in total. The number of halogens is 2. The van der Waals surface area contributed by atoms with Crippen LogP contribution in [0.1, 0.15) is 13.3 Å². The number of anilines is 1. The number of carbonyl (C=O) groups is 2. The maximum absolute atomic E-state index is 13.0. The molecule has 9 nitrogen and oxygen atoms in total. The van der Waals surface area contributed by atoms with Gasteiger partial charge in [0, 0.05) is 29.6 Å². The second kappa shape index (κ2) is 9.36. The quantitative estimate of drug-likeness (QED) is 0.562. The number of amides is 2. The second-order valence-corrected chi connectivity index (χ2v) is 11.7. The Morgan fingerprint density at radius 3 is 2.09 bits per heavy atom. The molecule has 3 rings (SSSR count). The Bertz CT molecular complexity index is 1230. The number of nitrogens with one attached hydrogen (secondary N) is 2. The normalized spacial score (nSPS) is 19.5. The molecule has 2 unspecified atom stereocenters. The highest BCUT2D eigenvalue weighted by molar-refractivity contribution is 7.90. The summed E-state index contributed by atoms with van der Waals surface area (Å²) in [4.78, 5) is 23.7. The van der Waals surface area contributed by atoms with Crippen molar-refractivity contribution in [3.05, 3.63) is 53.6 Å². The van der Waals surface area contributed by atoms with Gasteiger partial charge in [0.05, 0.1) is 9.79 Å². The number of rotatable bonds is 6. The van der Waals surface area contributed by atoms with Crippen LogP contribution in [0.15, 0.2) is 58.3 Å². The molecule has 0 radical (unpaired) electrons. The summed E-state index contributed by atoms with van der Waals surface area (Å²) in [6.07, 6.45) is 0.106. The second-order valence-electron chi connectivity index (χ2n) is 7.05. The first-order valence-electron chi connectivity index (χ1n) is 9.26. The van der Waals surface area contributed by atoms with E-state index in [1.807, 2.05) is 4.72 Å². The fourth-order valence-corrected chi connectivity index (χ4v) is 6.35. The summed E-state index contributed by atoms with van der Waals surface area (Å²) in [5.41, 5.74) is 0.249. The first kappa shape index (κ1) is 24.5.